The van der Waals surface area contributed by atoms with Crippen LogP contribution in [0.25, 0.3) is 0 Å². The number of para-hydroxylation sites is 1. The number of aliphatic hydroxyl groups excluding tert-OH is 2. The molecule has 0 spiro atoms. The van der Waals surface area contributed by atoms with Crippen molar-refractivity contribution in [1.82, 2.24) is 0 Å². The van der Waals surface area contributed by atoms with Gasteiger partial charge in [0.25, 0.3) is 5.91 Å². The first-order chi connectivity index (χ1) is 16.8. The quantitative estimate of drug-likeness (QED) is 0.241. The fourth-order valence-electron chi connectivity index (χ4n) is 3.81. The molecule has 4 N–H and O–H groups in total. The van der Waals surface area contributed by atoms with Gasteiger partial charge in [-0.2, -0.15) is 0 Å². The number of nitrogens with zero attached hydrogens (tertiary/aromatic N) is 1. The summed E-state index contributed by atoms with van der Waals surface area (Å²) in [6.07, 6.45) is 4.60. The number of likely N-dealkylation sites (N-methyl/N-ethyl adjacent to an activating group) is 1. The number of phenols is 1. The van der Waals surface area contributed by atoms with E-state index < -0.39 is 0 Å². The summed E-state index contributed by atoms with van der Waals surface area (Å²) in [6.45, 7) is 9.98. The minimum atomic E-state index is -0.208. The number of carbonyl (C=O) groups excluding carboxylic acids is 1. The smallest absolute Gasteiger partial charge is 0.259 e. The molecule has 36 heavy (non-hydrogen) atoms. The van der Waals surface area contributed by atoms with Gasteiger partial charge in [-0.3, -0.25) is 4.79 Å². The zero-order valence-electron chi connectivity index (χ0n) is 22.4. The number of quaternary nitrogens is 1. The van der Waals surface area contributed by atoms with Crippen molar-refractivity contribution in [1.29, 1.82) is 0 Å². The molecule has 1 aliphatic rings. The van der Waals surface area contributed by atoms with Gasteiger partial charge in [0.05, 0.1) is 38.4 Å². The van der Waals surface area contributed by atoms with Gasteiger partial charge in [0.1, 0.15) is 18.0 Å². The summed E-state index contributed by atoms with van der Waals surface area (Å²) in [5.74, 6) is 1.36. The first kappa shape index (κ1) is 34.1. The molecule has 1 aliphatic carbocycles. The molecule has 2 aromatic carbocycles. The average Bonchev–Trinajstić information content (AvgIpc) is 2.89. The first-order valence-corrected chi connectivity index (χ1v) is 12.6. The van der Waals surface area contributed by atoms with Gasteiger partial charge in [0, 0.05) is 33.9 Å². The van der Waals surface area contributed by atoms with Crippen molar-refractivity contribution in [2.24, 2.45) is 5.92 Å². The number of phenolic OH excluding ortho intramolecular Hbond substituents is 1. The molecule has 7 nitrogen and oxygen atoms in total. The third-order valence-electron chi connectivity index (χ3n) is 6.68. The van der Waals surface area contributed by atoms with Crippen LogP contribution in [0.2, 0.25) is 0 Å². The van der Waals surface area contributed by atoms with Crippen LogP contribution >= 0.6 is 0 Å². The third kappa shape index (κ3) is 11.9. The summed E-state index contributed by atoms with van der Waals surface area (Å²) >= 11 is 0. The summed E-state index contributed by atoms with van der Waals surface area (Å²) in [7, 11) is 3.16. The van der Waals surface area contributed by atoms with Crippen LogP contribution in [0.1, 0.15) is 56.8 Å². The summed E-state index contributed by atoms with van der Waals surface area (Å²) in [6, 6.07) is 13.8. The second kappa shape index (κ2) is 18.3. The zero-order chi connectivity index (χ0) is 26.3. The standard InChI is InChI=1S/C20H23NO3.C7H18NO.CH4O.W/c1-14-6-12-17(13-7-14)24-19-5-3-2-4-18(19)20(23)21-15-8-10-16(22)11-9-15;1-4-8(3,5-2)6-7-9;1-2;/h2-5,8-11,14,17,22H,6-7,12-13H2,1H3,(H,21,23);9H,4-7H2,1-3H3;2H,1H3;/q;+1;;. The number of nitrogens with one attached hydrogen (secondary N) is 1. The molecule has 0 unspecified atom stereocenters. The first-order valence-electron chi connectivity index (χ1n) is 12.6. The number of anilines is 1. The van der Waals surface area contributed by atoms with Crippen LogP contribution in [0.5, 0.6) is 11.5 Å². The maximum Gasteiger partial charge on any atom is 0.259 e. The van der Waals surface area contributed by atoms with Crippen LogP contribution in [0.3, 0.4) is 0 Å². The molecule has 1 saturated carbocycles. The predicted octanol–water partition coefficient (Wildman–Crippen LogP) is 4.67. The van der Waals surface area contributed by atoms with Crippen LogP contribution in [0, 0.1) is 5.92 Å². The monoisotopic (exact) mass is 673 g/mol. The van der Waals surface area contributed by atoms with E-state index in [1.807, 2.05) is 18.2 Å². The van der Waals surface area contributed by atoms with Crippen molar-refractivity contribution in [2.75, 3.05) is 45.7 Å². The van der Waals surface area contributed by atoms with Gasteiger partial charge in [-0.15, -0.1) is 0 Å². The van der Waals surface area contributed by atoms with Crippen LogP contribution in [0.15, 0.2) is 48.5 Å². The van der Waals surface area contributed by atoms with E-state index in [2.05, 4.69) is 33.1 Å². The van der Waals surface area contributed by atoms with Gasteiger partial charge in [-0.05, 0) is 81.8 Å². The van der Waals surface area contributed by atoms with Crippen molar-refractivity contribution in [3.8, 4) is 11.5 Å². The maximum absolute atomic E-state index is 12.6. The molecule has 0 bridgehead atoms. The Kier molecular flexibility index (Phi) is 17.4. The Bertz CT molecular complexity index is 851. The molecular formula is C28H45N2O5W+. The maximum atomic E-state index is 12.6. The van der Waals surface area contributed by atoms with E-state index in [1.54, 1.807) is 30.3 Å². The van der Waals surface area contributed by atoms with E-state index in [0.29, 0.717) is 23.6 Å². The topological polar surface area (TPSA) is 99.0 Å². The molecule has 3 rings (SSSR count). The minimum Gasteiger partial charge on any atom is -0.508 e. The Balaban J connectivity index is 0.000000872. The average molecular weight is 674 g/mol. The summed E-state index contributed by atoms with van der Waals surface area (Å²) in [5, 5.41) is 27.8. The molecule has 1 fully saturated rings. The molecule has 8 heteroatoms. The number of rotatable bonds is 8. The van der Waals surface area contributed by atoms with Crippen molar-refractivity contribution in [3.63, 3.8) is 0 Å². The molecule has 202 valence electrons. The summed E-state index contributed by atoms with van der Waals surface area (Å²) in [4.78, 5) is 12.6. The SMILES string of the molecule is CC1CCC(Oc2ccccc2C(=O)Nc2ccc(O)cc2)CC1.CC[N+](C)(CC)CCO.CO.[W]. The van der Waals surface area contributed by atoms with Crippen molar-refractivity contribution in [2.45, 2.75) is 52.6 Å². The number of hydrogen-bond acceptors (Lipinski definition) is 5. The number of amides is 1. The van der Waals surface area contributed by atoms with Gasteiger partial charge in [0.2, 0.25) is 0 Å². The molecule has 1 amide bonds. The van der Waals surface area contributed by atoms with Crippen LogP contribution in [-0.4, -0.2) is 72.2 Å². The van der Waals surface area contributed by atoms with Crippen LogP contribution in [0.4, 0.5) is 5.69 Å². The molecule has 0 aromatic heterocycles. The molecular weight excluding hydrogens is 628 g/mol. The normalized spacial score (nSPS) is 16.8. The molecule has 2 aromatic rings. The Labute approximate surface area is 231 Å². The third-order valence-corrected chi connectivity index (χ3v) is 6.68. The number of ether oxygens (including phenoxy) is 1. The number of aromatic hydroxyl groups is 1. The van der Waals surface area contributed by atoms with E-state index in [9.17, 15) is 9.90 Å². The van der Waals surface area contributed by atoms with Crippen molar-refractivity contribution in [3.05, 3.63) is 54.1 Å². The van der Waals surface area contributed by atoms with Gasteiger partial charge in [0.15, 0.2) is 0 Å². The molecule has 0 saturated heterocycles. The fraction of sp³-hybridized carbons (Fsp3) is 0.536. The van der Waals surface area contributed by atoms with E-state index in [1.165, 1.54) is 12.8 Å². The van der Waals surface area contributed by atoms with Gasteiger partial charge < -0.3 is 29.9 Å². The molecule has 0 heterocycles. The van der Waals surface area contributed by atoms with E-state index in [4.69, 9.17) is 14.9 Å². The Morgan fingerprint density at radius 2 is 1.56 bits per heavy atom. The summed E-state index contributed by atoms with van der Waals surface area (Å²) in [5.41, 5.74) is 1.17. The van der Waals surface area contributed by atoms with Gasteiger partial charge in [-0.25, -0.2) is 0 Å². The van der Waals surface area contributed by atoms with Crippen molar-refractivity contribution < 1.29 is 50.4 Å². The van der Waals surface area contributed by atoms with Crippen molar-refractivity contribution >= 4 is 11.6 Å². The van der Waals surface area contributed by atoms with E-state index in [-0.39, 0.29) is 38.8 Å². The molecule has 0 atom stereocenters. The van der Waals surface area contributed by atoms with Crippen LogP contribution < -0.4 is 10.1 Å². The second-order valence-corrected chi connectivity index (χ2v) is 9.20. The Hall–Kier alpha value is -1.92. The Morgan fingerprint density at radius 1 is 1.00 bits per heavy atom. The van der Waals surface area contributed by atoms with E-state index >= 15 is 0 Å². The van der Waals surface area contributed by atoms with Crippen LogP contribution in [-0.2, 0) is 21.1 Å². The predicted molar refractivity (Wildman–Crippen MR) is 142 cm³/mol. The minimum absolute atomic E-state index is 0. The summed E-state index contributed by atoms with van der Waals surface area (Å²) < 4.78 is 7.09. The Morgan fingerprint density at radius 3 is 2.06 bits per heavy atom. The number of carbonyl (C=O) groups is 1. The van der Waals surface area contributed by atoms with Gasteiger partial charge >= 0.3 is 0 Å². The zero-order valence-corrected chi connectivity index (χ0v) is 25.4. The van der Waals surface area contributed by atoms with E-state index in [0.717, 1.165) is 50.0 Å². The molecule has 0 radical (unpaired) electrons. The number of hydrogen-bond donors (Lipinski definition) is 4. The second-order valence-electron chi connectivity index (χ2n) is 9.20. The number of benzene rings is 2. The fourth-order valence-corrected chi connectivity index (χ4v) is 3.81. The van der Waals surface area contributed by atoms with Gasteiger partial charge in [-0.1, -0.05) is 19.1 Å². The molecule has 0 aliphatic heterocycles. The number of aliphatic hydroxyl groups is 2. The largest absolute Gasteiger partial charge is 0.508 e.